The molecule has 1 aromatic rings. The molecule has 0 bridgehead atoms. The quantitative estimate of drug-likeness (QED) is 0.320. The number of amides is 1. The van der Waals surface area contributed by atoms with Gasteiger partial charge in [0, 0.05) is 5.69 Å². The van der Waals surface area contributed by atoms with Crippen molar-refractivity contribution in [2.75, 3.05) is 5.32 Å². The lowest BCUT2D eigenvalue weighted by molar-refractivity contribution is -0.119. The summed E-state index contributed by atoms with van der Waals surface area (Å²) in [4.78, 5) is 11.9. The second-order valence-electron chi connectivity index (χ2n) is 4.03. The Bertz CT molecular complexity index is 483. The van der Waals surface area contributed by atoms with Crippen molar-refractivity contribution < 1.29 is 14.4 Å². The number of hydrogen-bond acceptors (Lipinski definition) is 3. The van der Waals surface area contributed by atoms with Crippen LogP contribution in [0.2, 0.25) is 0 Å². The SMILES string of the molecule is N/C(=N/O)C1(C(=O)Nc2cccc(F)c2)CC1. The van der Waals surface area contributed by atoms with Crippen LogP contribution in [0.25, 0.3) is 0 Å². The first-order chi connectivity index (χ1) is 8.08. The van der Waals surface area contributed by atoms with Gasteiger partial charge in [-0.15, -0.1) is 0 Å². The monoisotopic (exact) mass is 237 g/mol. The molecule has 5 nitrogen and oxygen atoms in total. The lowest BCUT2D eigenvalue weighted by Crippen LogP contribution is -2.36. The Balaban J connectivity index is 2.13. The van der Waals surface area contributed by atoms with E-state index in [2.05, 4.69) is 10.5 Å². The summed E-state index contributed by atoms with van der Waals surface area (Å²) in [6.45, 7) is 0. The number of nitrogens with zero attached hydrogens (tertiary/aromatic N) is 1. The van der Waals surface area contributed by atoms with Crippen molar-refractivity contribution in [3.8, 4) is 0 Å². The third kappa shape index (κ3) is 2.06. The van der Waals surface area contributed by atoms with Gasteiger partial charge >= 0.3 is 0 Å². The molecule has 17 heavy (non-hydrogen) atoms. The molecule has 0 saturated heterocycles. The molecule has 6 heteroatoms. The third-order valence-electron chi connectivity index (χ3n) is 2.87. The number of hydrogen-bond donors (Lipinski definition) is 3. The van der Waals surface area contributed by atoms with Crippen molar-refractivity contribution in [3.05, 3.63) is 30.1 Å². The Kier molecular flexibility index (Phi) is 2.71. The number of anilines is 1. The highest BCUT2D eigenvalue weighted by Crippen LogP contribution is 2.46. The number of carbonyl (C=O) groups excluding carboxylic acids is 1. The van der Waals surface area contributed by atoms with Gasteiger partial charge in [0.15, 0.2) is 5.84 Å². The Labute approximate surface area is 97.1 Å². The standard InChI is InChI=1S/C11H12FN3O2/c12-7-2-1-3-8(6-7)14-10(16)11(4-5-11)9(13)15-17/h1-3,6,17H,4-5H2,(H2,13,15)(H,14,16). The summed E-state index contributed by atoms with van der Waals surface area (Å²) < 4.78 is 12.9. The predicted molar refractivity (Wildman–Crippen MR) is 60.1 cm³/mol. The number of halogens is 1. The second kappa shape index (κ2) is 4.04. The highest BCUT2D eigenvalue weighted by atomic mass is 19.1. The van der Waals surface area contributed by atoms with Crippen LogP contribution in [0.1, 0.15) is 12.8 Å². The maximum absolute atomic E-state index is 12.9. The van der Waals surface area contributed by atoms with Gasteiger partial charge in [0.25, 0.3) is 0 Å². The normalized spacial score (nSPS) is 17.6. The molecule has 0 radical (unpaired) electrons. The minimum absolute atomic E-state index is 0.105. The maximum Gasteiger partial charge on any atom is 0.238 e. The van der Waals surface area contributed by atoms with E-state index in [1.165, 1.54) is 18.2 Å². The van der Waals surface area contributed by atoms with E-state index < -0.39 is 11.2 Å². The highest BCUT2D eigenvalue weighted by Gasteiger charge is 2.54. The highest BCUT2D eigenvalue weighted by molar-refractivity contribution is 6.14. The molecule has 0 spiro atoms. The first-order valence-corrected chi connectivity index (χ1v) is 5.13. The van der Waals surface area contributed by atoms with Crippen LogP contribution in [0.15, 0.2) is 29.4 Å². The van der Waals surface area contributed by atoms with E-state index >= 15 is 0 Å². The zero-order valence-electron chi connectivity index (χ0n) is 8.98. The molecule has 1 aliphatic carbocycles. The van der Waals surface area contributed by atoms with Crippen molar-refractivity contribution in [1.29, 1.82) is 0 Å². The number of nitrogens with two attached hydrogens (primary N) is 1. The molecular formula is C11H12FN3O2. The fourth-order valence-electron chi connectivity index (χ4n) is 1.64. The van der Waals surface area contributed by atoms with E-state index in [0.29, 0.717) is 18.5 Å². The number of amidine groups is 1. The van der Waals surface area contributed by atoms with Crippen molar-refractivity contribution in [2.45, 2.75) is 12.8 Å². The van der Waals surface area contributed by atoms with Crippen LogP contribution < -0.4 is 11.1 Å². The van der Waals surface area contributed by atoms with Crippen LogP contribution in [0, 0.1) is 11.2 Å². The Morgan fingerprint density at radius 1 is 1.53 bits per heavy atom. The summed E-state index contributed by atoms with van der Waals surface area (Å²) in [5, 5.41) is 14.0. The molecule has 1 fully saturated rings. The smallest absolute Gasteiger partial charge is 0.238 e. The molecule has 1 aromatic carbocycles. The van der Waals surface area contributed by atoms with Crippen LogP contribution in [-0.2, 0) is 4.79 Å². The summed E-state index contributed by atoms with van der Waals surface area (Å²) in [6, 6.07) is 5.56. The van der Waals surface area contributed by atoms with Gasteiger partial charge in [-0.25, -0.2) is 4.39 Å². The number of nitrogens with one attached hydrogen (secondary N) is 1. The zero-order chi connectivity index (χ0) is 12.5. The molecule has 0 aliphatic heterocycles. The van der Waals surface area contributed by atoms with Gasteiger partial charge in [0.05, 0.1) is 0 Å². The predicted octanol–water partition coefficient (Wildman–Crippen LogP) is 1.29. The van der Waals surface area contributed by atoms with Crippen molar-refractivity contribution in [2.24, 2.45) is 16.3 Å². The van der Waals surface area contributed by atoms with E-state index in [1.807, 2.05) is 0 Å². The van der Waals surface area contributed by atoms with E-state index in [0.717, 1.165) is 0 Å². The average molecular weight is 237 g/mol. The minimum atomic E-state index is -0.929. The molecule has 2 rings (SSSR count). The molecule has 1 amide bonds. The van der Waals surface area contributed by atoms with Gasteiger partial charge in [-0.3, -0.25) is 4.79 Å². The lowest BCUT2D eigenvalue weighted by Gasteiger charge is -2.13. The molecule has 0 aromatic heterocycles. The van der Waals surface area contributed by atoms with Gasteiger partial charge < -0.3 is 16.3 Å². The molecule has 1 saturated carbocycles. The largest absolute Gasteiger partial charge is 0.409 e. The first-order valence-electron chi connectivity index (χ1n) is 5.13. The maximum atomic E-state index is 12.9. The molecule has 0 atom stereocenters. The van der Waals surface area contributed by atoms with Crippen LogP contribution in [0.4, 0.5) is 10.1 Å². The Morgan fingerprint density at radius 3 is 2.76 bits per heavy atom. The van der Waals surface area contributed by atoms with Gasteiger partial charge in [0.2, 0.25) is 5.91 Å². The Hall–Kier alpha value is -2.11. The summed E-state index contributed by atoms with van der Waals surface area (Å²) >= 11 is 0. The second-order valence-corrected chi connectivity index (χ2v) is 4.03. The topological polar surface area (TPSA) is 87.7 Å². The zero-order valence-corrected chi connectivity index (χ0v) is 8.98. The van der Waals surface area contributed by atoms with Crippen molar-refractivity contribution in [3.63, 3.8) is 0 Å². The Morgan fingerprint density at radius 2 is 2.24 bits per heavy atom. The number of rotatable bonds is 3. The van der Waals surface area contributed by atoms with Crippen LogP contribution in [0.3, 0.4) is 0 Å². The molecule has 0 unspecified atom stereocenters. The molecule has 4 N–H and O–H groups in total. The number of benzene rings is 1. The lowest BCUT2D eigenvalue weighted by atomic mass is 10.1. The average Bonchev–Trinajstić information content (AvgIpc) is 3.09. The summed E-state index contributed by atoms with van der Waals surface area (Å²) in [7, 11) is 0. The van der Waals surface area contributed by atoms with Crippen LogP contribution in [0.5, 0.6) is 0 Å². The van der Waals surface area contributed by atoms with E-state index in [-0.39, 0.29) is 11.7 Å². The van der Waals surface area contributed by atoms with Crippen molar-refractivity contribution >= 4 is 17.4 Å². The fourth-order valence-corrected chi connectivity index (χ4v) is 1.64. The molecule has 90 valence electrons. The molecular weight excluding hydrogens is 225 g/mol. The van der Waals surface area contributed by atoms with Gasteiger partial charge in [0.1, 0.15) is 11.2 Å². The van der Waals surface area contributed by atoms with Crippen LogP contribution in [-0.4, -0.2) is 17.0 Å². The van der Waals surface area contributed by atoms with Crippen LogP contribution >= 0.6 is 0 Å². The van der Waals surface area contributed by atoms with Gasteiger partial charge in [-0.1, -0.05) is 11.2 Å². The van der Waals surface area contributed by atoms with E-state index in [4.69, 9.17) is 10.9 Å². The summed E-state index contributed by atoms with van der Waals surface area (Å²) in [5.41, 5.74) is 4.89. The van der Waals surface area contributed by atoms with Gasteiger partial charge in [-0.05, 0) is 31.0 Å². The third-order valence-corrected chi connectivity index (χ3v) is 2.87. The van der Waals surface area contributed by atoms with E-state index in [1.54, 1.807) is 6.07 Å². The van der Waals surface area contributed by atoms with Crippen molar-refractivity contribution in [1.82, 2.24) is 0 Å². The summed E-state index contributed by atoms with van der Waals surface area (Å²) in [6.07, 6.45) is 1.06. The van der Waals surface area contributed by atoms with Gasteiger partial charge in [-0.2, -0.15) is 0 Å². The molecule has 1 aliphatic rings. The molecule has 0 heterocycles. The summed E-state index contributed by atoms with van der Waals surface area (Å²) in [5.74, 6) is -0.916. The first kappa shape index (κ1) is 11.4. The fraction of sp³-hybridized carbons (Fsp3) is 0.273. The number of carbonyl (C=O) groups is 1. The number of oxime groups is 1. The minimum Gasteiger partial charge on any atom is -0.409 e. The van der Waals surface area contributed by atoms with E-state index in [9.17, 15) is 9.18 Å².